The van der Waals surface area contributed by atoms with Crippen LogP contribution >= 0.6 is 0 Å². The summed E-state index contributed by atoms with van der Waals surface area (Å²) >= 11 is 0. The molecule has 0 aliphatic carbocycles. The lowest BCUT2D eigenvalue weighted by Gasteiger charge is -2.05. The molecule has 0 amide bonds. The van der Waals surface area contributed by atoms with Crippen LogP contribution in [0, 0.1) is 11.6 Å². The summed E-state index contributed by atoms with van der Waals surface area (Å²) in [7, 11) is -3.85. The van der Waals surface area contributed by atoms with Crippen LogP contribution in [0.1, 0.15) is 5.56 Å². The van der Waals surface area contributed by atoms with Crippen molar-refractivity contribution in [3.05, 3.63) is 65.7 Å². The summed E-state index contributed by atoms with van der Waals surface area (Å²) in [5.41, 5.74) is 0.150. The molecule has 0 bridgehead atoms. The first kappa shape index (κ1) is 15.3. The Morgan fingerprint density at radius 1 is 0.952 bits per heavy atom. The Balaban J connectivity index is 2.12. The highest BCUT2D eigenvalue weighted by atomic mass is 32.2. The smallest absolute Gasteiger partial charge is 0.185 e. The number of hydrogen-bond acceptors (Lipinski definition) is 3. The fourth-order valence-electron chi connectivity index (χ4n) is 1.84. The standard InChI is InChI=1S/C15H12F2O3S/c16-12-5-7-14(8-6-12)21(19,20)10-13(18)9-11-3-1-2-4-15(11)17/h1-8H,9-10H2. The van der Waals surface area contributed by atoms with Gasteiger partial charge in [0.25, 0.3) is 0 Å². The van der Waals surface area contributed by atoms with Crippen molar-refractivity contribution in [1.29, 1.82) is 0 Å². The van der Waals surface area contributed by atoms with E-state index in [0.29, 0.717) is 0 Å². The molecule has 6 heteroatoms. The second kappa shape index (κ2) is 6.13. The van der Waals surface area contributed by atoms with Gasteiger partial charge < -0.3 is 0 Å². The molecular formula is C15H12F2O3S. The van der Waals surface area contributed by atoms with Crippen LogP contribution in [0.15, 0.2) is 53.4 Å². The van der Waals surface area contributed by atoms with Gasteiger partial charge >= 0.3 is 0 Å². The Morgan fingerprint density at radius 3 is 2.19 bits per heavy atom. The van der Waals surface area contributed by atoms with Crippen molar-refractivity contribution in [3.63, 3.8) is 0 Å². The van der Waals surface area contributed by atoms with Gasteiger partial charge in [-0.2, -0.15) is 0 Å². The van der Waals surface area contributed by atoms with E-state index in [9.17, 15) is 22.0 Å². The zero-order valence-corrected chi connectivity index (χ0v) is 11.7. The van der Waals surface area contributed by atoms with Crippen LogP contribution < -0.4 is 0 Å². The molecule has 0 unspecified atom stereocenters. The average Bonchev–Trinajstić information content (AvgIpc) is 2.41. The Labute approximate surface area is 121 Å². The largest absolute Gasteiger partial charge is 0.298 e. The van der Waals surface area contributed by atoms with E-state index in [-0.39, 0.29) is 16.9 Å². The molecule has 0 fully saturated rings. The van der Waals surface area contributed by atoms with Crippen LogP contribution in [-0.2, 0) is 21.1 Å². The molecular weight excluding hydrogens is 298 g/mol. The van der Waals surface area contributed by atoms with Crippen molar-refractivity contribution in [3.8, 4) is 0 Å². The quantitative estimate of drug-likeness (QED) is 0.798. The first-order chi connectivity index (χ1) is 9.88. The minimum atomic E-state index is -3.85. The van der Waals surface area contributed by atoms with Crippen LogP contribution in [0.2, 0.25) is 0 Å². The predicted octanol–water partition coefficient (Wildman–Crippen LogP) is 2.55. The van der Waals surface area contributed by atoms with Gasteiger partial charge in [0.15, 0.2) is 15.6 Å². The van der Waals surface area contributed by atoms with Gasteiger partial charge in [0.05, 0.1) is 4.90 Å². The lowest BCUT2D eigenvalue weighted by molar-refractivity contribution is -0.116. The molecule has 2 rings (SSSR count). The summed E-state index contributed by atoms with van der Waals surface area (Å²) < 4.78 is 50.2. The monoisotopic (exact) mass is 310 g/mol. The molecule has 3 nitrogen and oxygen atoms in total. The maximum Gasteiger partial charge on any atom is 0.185 e. The molecule has 0 N–H and O–H groups in total. The first-order valence-corrected chi connectivity index (χ1v) is 7.77. The lowest BCUT2D eigenvalue weighted by Crippen LogP contribution is -2.18. The van der Waals surface area contributed by atoms with E-state index in [1.165, 1.54) is 18.2 Å². The van der Waals surface area contributed by atoms with Gasteiger partial charge in [-0.1, -0.05) is 18.2 Å². The molecule has 0 spiro atoms. The molecule has 110 valence electrons. The van der Waals surface area contributed by atoms with E-state index < -0.39 is 33.0 Å². The van der Waals surface area contributed by atoms with Crippen molar-refractivity contribution in [2.75, 3.05) is 5.75 Å². The van der Waals surface area contributed by atoms with Crippen molar-refractivity contribution < 1.29 is 22.0 Å². The number of rotatable bonds is 5. The van der Waals surface area contributed by atoms with Crippen LogP contribution in [0.25, 0.3) is 0 Å². The molecule has 0 radical (unpaired) electrons. The Morgan fingerprint density at radius 2 is 1.57 bits per heavy atom. The highest BCUT2D eigenvalue weighted by molar-refractivity contribution is 7.92. The maximum atomic E-state index is 13.4. The zero-order valence-electron chi connectivity index (χ0n) is 10.9. The number of ketones is 1. The second-order valence-corrected chi connectivity index (χ2v) is 6.51. The SMILES string of the molecule is O=C(Cc1ccccc1F)CS(=O)(=O)c1ccc(F)cc1. The van der Waals surface area contributed by atoms with Crippen LogP contribution in [0.4, 0.5) is 8.78 Å². The number of hydrogen-bond donors (Lipinski definition) is 0. The third kappa shape index (κ3) is 3.95. The molecule has 0 heterocycles. The zero-order chi connectivity index (χ0) is 15.5. The van der Waals surface area contributed by atoms with Crippen molar-refractivity contribution in [2.45, 2.75) is 11.3 Å². The highest BCUT2D eigenvalue weighted by Gasteiger charge is 2.20. The maximum absolute atomic E-state index is 13.4. The van der Waals surface area contributed by atoms with Crippen molar-refractivity contribution >= 4 is 15.6 Å². The van der Waals surface area contributed by atoms with E-state index in [0.717, 1.165) is 24.3 Å². The van der Waals surface area contributed by atoms with Gasteiger partial charge in [-0.15, -0.1) is 0 Å². The summed E-state index contributed by atoms with van der Waals surface area (Å²) in [6.07, 6.45) is -0.299. The van der Waals surface area contributed by atoms with Gasteiger partial charge in [0.1, 0.15) is 17.4 Å². The Bertz CT molecular complexity index is 753. The van der Waals surface area contributed by atoms with E-state index in [2.05, 4.69) is 0 Å². The van der Waals surface area contributed by atoms with E-state index in [1.54, 1.807) is 6.07 Å². The van der Waals surface area contributed by atoms with Crippen LogP contribution in [0.3, 0.4) is 0 Å². The van der Waals surface area contributed by atoms with E-state index >= 15 is 0 Å². The summed E-state index contributed by atoms with van der Waals surface area (Å²) in [5, 5.41) is 0. The van der Waals surface area contributed by atoms with E-state index in [1.807, 2.05) is 0 Å². The molecule has 21 heavy (non-hydrogen) atoms. The lowest BCUT2D eigenvalue weighted by atomic mass is 10.1. The fourth-order valence-corrected chi connectivity index (χ4v) is 3.09. The molecule has 0 saturated carbocycles. The van der Waals surface area contributed by atoms with Gasteiger partial charge in [0, 0.05) is 6.42 Å². The van der Waals surface area contributed by atoms with Crippen LogP contribution in [0.5, 0.6) is 0 Å². The number of Topliss-reactive ketones (excluding diaryl/α,β-unsaturated/α-hetero) is 1. The number of benzene rings is 2. The van der Waals surface area contributed by atoms with Crippen molar-refractivity contribution in [2.24, 2.45) is 0 Å². The molecule has 2 aromatic carbocycles. The summed E-state index contributed by atoms with van der Waals surface area (Å²) in [6.45, 7) is 0. The number of carbonyl (C=O) groups is 1. The first-order valence-electron chi connectivity index (χ1n) is 6.12. The van der Waals surface area contributed by atoms with Gasteiger partial charge in [-0.05, 0) is 35.9 Å². The minimum absolute atomic E-state index is 0.134. The molecule has 0 atom stereocenters. The summed E-state index contributed by atoms with van der Waals surface area (Å²) in [5.74, 6) is -2.48. The van der Waals surface area contributed by atoms with Gasteiger partial charge in [-0.25, -0.2) is 17.2 Å². The summed E-state index contributed by atoms with van der Waals surface area (Å²) in [4.78, 5) is 11.7. The second-order valence-electron chi connectivity index (χ2n) is 4.52. The molecule has 2 aromatic rings. The van der Waals surface area contributed by atoms with Gasteiger partial charge in [0.2, 0.25) is 0 Å². The number of halogens is 2. The normalized spacial score (nSPS) is 11.3. The number of sulfone groups is 1. The van der Waals surface area contributed by atoms with E-state index in [4.69, 9.17) is 0 Å². The molecule has 0 saturated heterocycles. The van der Waals surface area contributed by atoms with Crippen molar-refractivity contribution in [1.82, 2.24) is 0 Å². The topological polar surface area (TPSA) is 51.2 Å². The predicted molar refractivity (Wildman–Crippen MR) is 73.6 cm³/mol. The Kier molecular flexibility index (Phi) is 4.47. The van der Waals surface area contributed by atoms with Gasteiger partial charge in [-0.3, -0.25) is 4.79 Å². The highest BCUT2D eigenvalue weighted by Crippen LogP contribution is 2.14. The fraction of sp³-hybridized carbons (Fsp3) is 0.133. The molecule has 0 aliphatic heterocycles. The minimum Gasteiger partial charge on any atom is -0.298 e. The third-order valence-corrected chi connectivity index (χ3v) is 4.56. The summed E-state index contributed by atoms with van der Waals surface area (Å²) in [6, 6.07) is 9.90. The molecule has 0 aromatic heterocycles. The van der Waals surface area contributed by atoms with Crippen LogP contribution in [-0.4, -0.2) is 20.0 Å². The average molecular weight is 310 g/mol. The number of carbonyl (C=O) groups excluding carboxylic acids is 1. The molecule has 0 aliphatic rings. The Hall–Kier alpha value is -2.08. The third-order valence-electron chi connectivity index (χ3n) is 2.87.